The number of nitrogens with zero attached hydrogens (tertiary/aromatic N) is 1. The maximum Gasteiger partial charge on any atom is 0.408 e. The molecule has 1 aromatic carbocycles. The second-order valence-corrected chi connectivity index (χ2v) is 6.42. The summed E-state index contributed by atoms with van der Waals surface area (Å²) < 4.78 is 5.32. The van der Waals surface area contributed by atoms with Gasteiger partial charge in [0.15, 0.2) is 0 Å². The lowest BCUT2D eigenvalue weighted by Gasteiger charge is -2.29. The normalized spacial score (nSPS) is 21.7. The Hall–Kier alpha value is -2.24. The van der Waals surface area contributed by atoms with Gasteiger partial charge in [0.1, 0.15) is 17.4 Å². The average Bonchev–Trinajstić information content (AvgIpc) is 2.82. The van der Waals surface area contributed by atoms with E-state index in [1.165, 1.54) is 12.1 Å². The predicted octanol–water partition coefficient (Wildman–Crippen LogP) is 2.92. The molecule has 0 spiro atoms. The first-order chi connectivity index (χ1) is 10.2. The van der Waals surface area contributed by atoms with Gasteiger partial charge in [0, 0.05) is 0 Å². The van der Waals surface area contributed by atoms with Gasteiger partial charge in [-0.05, 0) is 51.3 Å². The molecule has 6 nitrogen and oxygen atoms in total. The highest BCUT2D eigenvalue weighted by Gasteiger charge is 2.43. The van der Waals surface area contributed by atoms with Crippen molar-refractivity contribution in [3.63, 3.8) is 0 Å². The summed E-state index contributed by atoms with van der Waals surface area (Å²) in [6.07, 6.45) is -0.181. The summed E-state index contributed by atoms with van der Waals surface area (Å²) in [7, 11) is 0. The van der Waals surface area contributed by atoms with Gasteiger partial charge in [-0.3, -0.25) is 4.90 Å². The van der Waals surface area contributed by atoms with Gasteiger partial charge < -0.3 is 14.9 Å². The maximum absolute atomic E-state index is 12.2. The first-order valence-electron chi connectivity index (χ1n) is 7.22. The molecule has 1 aromatic rings. The number of carboxylic acid groups (broad SMARTS) is 1. The monoisotopic (exact) mass is 307 g/mol. The lowest BCUT2D eigenvalue weighted by Crippen LogP contribution is -2.43. The molecule has 1 aliphatic heterocycles. The smallest absolute Gasteiger partial charge is 0.408 e. The molecule has 0 aromatic heterocycles. The highest BCUT2D eigenvalue weighted by Crippen LogP contribution is 2.37. The van der Waals surface area contributed by atoms with Crippen molar-refractivity contribution >= 4 is 12.1 Å². The molecule has 1 saturated heterocycles. The Bertz CT molecular complexity index is 561. The third kappa shape index (κ3) is 3.50. The van der Waals surface area contributed by atoms with Gasteiger partial charge in [0.2, 0.25) is 0 Å². The summed E-state index contributed by atoms with van der Waals surface area (Å²) in [6, 6.07) is 5.17. The van der Waals surface area contributed by atoms with Crippen LogP contribution in [0.2, 0.25) is 0 Å². The highest BCUT2D eigenvalue weighted by atomic mass is 16.6. The van der Waals surface area contributed by atoms with Crippen LogP contribution < -0.4 is 0 Å². The molecule has 6 heteroatoms. The molecule has 0 saturated carbocycles. The fourth-order valence-corrected chi connectivity index (χ4v) is 2.70. The number of phenolic OH excluding ortho intramolecular Hbond substituents is 1. The quantitative estimate of drug-likeness (QED) is 0.820. The molecule has 1 aliphatic rings. The predicted molar refractivity (Wildman–Crippen MR) is 79.6 cm³/mol. The van der Waals surface area contributed by atoms with Gasteiger partial charge in [-0.15, -0.1) is 0 Å². The van der Waals surface area contributed by atoms with Crippen molar-refractivity contribution in [3.05, 3.63) is 29.8 Å². The highest BCUT2D eigenvalue weighted by molar-refractivity contribution is 5.82. The summed E-state index contributed by atoms with van der Waals surface area (Å²) in [6.45, 7) is 5.26. The van der Waals surface area contributed by atoms with E-state index in [0.29, 0.717) is 12.8 Å². The molecular formula is C16H21NO5. The van der Waals surface area contributed by atoms with E-state index in [1.54, 1.807) is 32.9 Å². The van der Waals surface area contributed by atoms with E-state index < -0.39 is 29.7 Å². The topological polar surface area (TPSA) is 87.1 Å². The molecule has 120 valence electrons. The van der Waals surface area contributed by atoms with Crippen LogP contribution in [0.5, 0.6) is 5.75 Å². The number of carbonyl (C=O) groups excluding carboxylic acids is 1. The third-order valence-corrected chi connectivity index (χ3v) is 3.56. The van der Waals surface area contributed by atoms with Crippen molar-refractivity contribution in [2.24, 2.45) is 0 Å². The molecule has 2 rings (SSSR count). The Morgan fingerprint density at radius 1 is 1.18 bits per heavy atom. The van der Waals surface area contributed by atoms with Gasteiger partial charge in [-0.25, -0.2) is 9.59 Å². The standard InChI is InChI=1S/C16H21NO5/c1-16(2,3)22-14(19)13-9-8-12(17(13)15(20)21)10-4-6-11(18)7-5-10/h4-7,12-13,18H,8-9H2,1-3H3,(H,20,21)/t12-,13+/m1/s1. The Morgan fingerprint density at radius 3 is 2.27 bits per heavy atom. The number of rotatable bonds is 2. The fraction of sp³-hybridized carbons (Fsp3) is 0.500. The third-order valence-electron chi connectivity index (χ3n) is 3.56. The van der Waals surface area contributed by atoms with Crippen LogP contribution in [-0.2, 0) is 9.53 Å². The minimum Gasteiger partial charge on any atom is -0.508 e. The van der Waals surface area contributed by atoms with Crippen molar-refractivity contribution in [1.82, 2.24) is 4.90 Å². The zero-order valence-corrected chi connectivity index (χ0v) is 12.9. The fourth-order valence-electron chi connectivity index (χ4n) is 2.70. The van der Waals surface area contributed by atoms with Gasteiger partial charge >= 0.3 is 12.1 Å². The second-order valence-electron chi connectivity index (χ2n) is 6.42. The first-order valence-corrected chi connectivity index (χ1v) is 7.22. The number of carbonyl (C=O) groups is 2. The van der Waals surface area contributed by atoms with Crippen LogP contribution in [0.3, 0.4) is 0 Å². The number of esters is 1. The lowest BCUT2D eigenvalue weighted by molar-refractivity contribution is -0.160. The summed E-state index contributed by atoms with van der Waals surface area (Å²) in [5, 5.41) is 18.8. The number of hydrogen-bond acceptors (Lipinski definition) is 4. The molecule has 0 aliphatic carbocycles. The Kier molecular flexibility index (Phi) is 4.30. The van der Waals surface area contributed by atoms with Crippen LogP contribution in [0.4, 0.5) is 4.79 Å². The van der Waals surface area contributed by atoms with Crippen LogP contribution in [0.25, 0.3) is 0 Å². The van der Waals surface area contributed by atoms with Crippen molar-refractivity contribution in [2.45, 2.75) is 51.3 Å². The van der Waals surface area contributed by atoms with E-state index in [9.17, 15) is 19.8 Å². The summed E-state index contributed by atoms with van der Waals surface area (Å²) in [5.41, 5.74) is 0.101. The molecule has 1 heterocycles. The van der Waals surface area contributed by atoms with Gasteiger partial charge in [-0.2, -0.15) is 0 Å². The number of benzene rings is 1. The van der Waals surface area contributed by atoms with E-state index in [2.05, 4.69) is 0 Å². The van der Waals surface area contributed by atoms with Crippen LogP contribution >= 0.6 is 0 Å². The summed E-state index contributed by atoms with van der Waals surface area (Å²) in [5.74, 6) is -0.400. The zero-order chi connectivity index (χ0) is 16.5. The van der Waals surface area contributed by atoms with Crippen molar-refractivity contribution < 1.29 is 24.5 Å². The number of likely N-dealkylation sites (tertiary alicyclic amines) is 1. The molecule has 0 unspecified atom stereocenters. The van der Waals surface area contributed by atoms with Crippen LogP contribution in [0, 0.1) is 0 Å². The van der Waals surface area contributed by atoms with E-state index in [4.69, 9.17) is 4.74 Å². The molecule has 0 bridgehead atoms. The Labute approximate surface area is 129 Å². The number of ether oxygens (including phenoxy) is 1. The van der Waals surface area contributed by atoms with E-state index in [-0.39, 0.29) is 5.75 Å². The summed E-state index contributed by atoms with van der Waals surface area (Å²) in [4.78, 5) is 25.0. The van der Waals surface area contributed by atoms with Crippen LogP contribution in [0.1, 0.15) is 45.2 Å². The Balaban J connectivity index is 2.23. The molecule has 2 N–H and O–H groups in total. The van der Waals surface area contributed by atoms with Crippen molar-refractivity contribution in [3.8, 4) is 5.75 Å². The molecular weight excluding hydrogens is 286 g/mol. The second kappa shape index (κ2) is 5.87. The molecule has 1 amide bonds. The largest absolute Gasteiger partial charge is 0.508 e. The molecule has 2 atom stereocenters. The molecule has 0 radical (unpaired) electrons. The SMILES string of the molecule is CC(C)(C)OC(=O)[C@@H]1CC[C@H](c2ccc(O)cc2)N1C(=O)O. The van der Waals surface area contributed by atoms with Crippen LogP contribution in [-0.4, -0.2) is 38.8 Å². The first kappa shape index (κ1) is 16.1. The summed E-state index contributed by atoms with van der Waals surface area (Å²) >= 11 is 0. The molecule has 1 fully saturated rings. The number of phenols is 1. The van der Waals surface area contributed by atoms with Crippen LogP contribution in [0.15, 0.2) is 24.3 Å². The Morgan fingerprint density at radius 2 is 1.77 bits per heavy atom. The van der Waals surface area contributed by atoms with Crippen molar-refractivity contribution in [1.29, 1.82) is 0 Å². The number of aromatic hydroxyl groups is 1. The zero-order valence-electron chi connectivity index (χ0n) is 12.9. The van der Waals surface area contributed by atoms with Crippen molar-refractivity contribution in [2.75, 3.05) is 0 Å². The maximum atomic E-state index is 12.2. The van der Waals surface area contributed by atoms with Gasteiger partial charge in [0.05, 0.1) is 6.04 Å². The van der Waals surface area contributed by atoms with E-state index in [1.807, 2.05) is 0 Å². The number of hydrogen-bond donors (Lipinski definition) is 2. The number of amides is 1. The lowest BCUT2D eigenvalue weighted by atomic mass is 10.0. The van der Waals surface area contributed by atoms with E-state index >= 15 is 0 Å². The average molecular weight is 307 g/mol. The van der Waals surface area contributed by atoms with Gasteiger partial charge in [0.25, 0.3) is 0 Å². The van der Waals surface area contributed by atoms with E-state index in [0.717, 1.165) is 10.5 Å². The minimum atomic E-state index is -1.15. The minimum absolute atomic E-state index is 0.118. The molecule has 22 heavy (non-hydrogen) atoms. The van der Waals surface area contributed by atoms with Gasteiger partial charge in [-0.1, -0.05) is 12.1 Å².